The molecule has 2 N–H and O–H groups in total. The molecule has 0 saturated carbocycles. The molecule has 0 bridgehead atoms. The molecule has 1 saturated heterocycles. The maximum Gasteiger partial charge on any atom is 0.313 e. The van der Waals surface area contributed by atoms with Gasteiger partial charge in [-0.2, -0.15) is 0 Å². The van der Waals surface area contributed by atoms with Crippen LogP contribution in [0.2, 0.25) is 0 Å². The van der Waals surface area contributed by atoms with Crippen molar-refractivity contribution in [2.75, 3.05) is 16.8 Å². The van der Waals surface area contributed by atoms with E-state index in [9.17, 15) is 18.0 Å². The molecule has 1 heterocycles. The van der Waals surface area contributed by atoms with E-state index in [0.717, 1.165) is 3.57 Å². The summed E-state index contributed by atoms with van der Waals surface area (Å²) in [5.41, 5.74) is 0.518. The summed E-state index contributed by atoms with van der Waals surface area (Å²) in [5.74, 6) is -1.66. The molecule has 1 aromatic carbocycles. The van der Waals surface area contributed by atoms with Crippen LogP contribution < -0.4 is 10.6 Å². The van der Waals surface area contributed by atoms with Gasteiger partial charge >= 0.3 is 11.8 Å². The number of rotatable bonds is 2. The highest BCUT2D eigenvalue weighted by atomic mass is 127. The third-order valence-electron chi connectivity index (χ3n) is 2.88. The molecule has 20 heavy (non-hydrogen) atoms. The lowest BCUT2D eigenvalue weighted by molar-refractivity contribution is -0.136. The van der Waals surface area contributed by atoms with E-state index in [1.54, 1.807) is 24.3 Å². The van der Waals surface area contributed by atoms with E-state index >= 15 is 0 Å². The number of hydrogen-bond donors (Lipinski definition) is 2. The summed E-state index contributed by atoms with van der Waals surface area (Å²) >= 11 is 2.13. The number of nitrogens with one attached hydrogen (secondary N) is 2. The third kappa shape index (κ3) is 4.17. The smallest absolute Gasteiger partial charge is 0.313 e. The van der Waals surface area contributed by atoms with Gasteiger partial charge in [0, 0.05) is 15.3 Å². The lowest BCUT2D eigenvalue weighted by atomic mass is 10.2. The molecule has 1 aliphatic heterocycles. The van der Waals surface area contributed by atoms with Gasteiger partial charge in [-0.1, -0.05) is 0 Å². The SMILES string of the molecule is O=C(Nc1ccc(I)cc1)C(=O)NC1CCS(=O)(=O)C1. The van der Waals surface area contributed by atoms with Crippen LogP contribution in [-0.4, -0.2) is 37.8 Å². The summed E-state index contributed by atoms with van der Waals surface area (Å²) in [7, 11) is -3.08. The van der Waals surface area contributed by atoms with Crippen molar-refractivity contribution in [1.82, 2.24) is 5.32 Å². The highest BCUT2D eigenvalue weighted by molar-refractivity contribution is 14.1. The number of sulfone groups is 1. The van der Waals surface area contributed by atoms with Crippen LogP contribution in [0.3, 0.4) is 0 Å². The fourth-order valence-corrected chi connectivity index (χ4v) is 3.91. The maximum atomic E-state index is 11.7. The lowest BCUT2D eigenvalue weighted by Gasteiger charge is -2.10. The largest absolute Gasteiger partial charge is 0.344 e. The molecule has 0 radical (unpaired) electrons. The van der Waals surface area contributed by atoms with E-state index in [-0.39, 0.29) is 11.5 Å². The van der Waals surface area contributed by atoms with Crippen molar-refractivity contribution >= 4 is 49.9 Å². The molecule has 2 amide bonds. The van der Waals surface area contributed by atoms with E-state index in [1.807, 2.05) is 0 Å². The monoisotopic (exact) mass is 408 g/mol. The number of amides is 2. The lowest BCUT2D eigenvalue weighted by Crippen LogP contribution is -2.42. The molecular formula is C12H13IN2O4S. The number of halogens is 1. The molecule has 1 atom stereocenters. The van der Waals surface area contributed by atoms with Gasteiger partial charge in [0.15, 0.2) is 9.84 Å². The minimum absolute atomic E-state index is 0.0523. The van der Waals surface area contributed by atoms with Crippen LogP contribution in [0.5, 0.6) is 0 Å². The molecule has 8 heteroatoms. The zero-order valence-electron chi connectivity index (χ0n) is 10.4. The average Bonchev–Trinajstić information content (AvgIpc) is 2.71. The second-order valence-corrected chi connectivity index (χ2v) is 8.01. The van der Waals surface area contributed by atoms with Crippen LogP contribution in [0.15, 0.2) is 24.3 Å². The van der Waals surface area contributed by atoms with Crippen LogP contribution in [-0.2, 0) is 19.4 Å². The summed E-state index contributed by atoms with van der Waals surface area (Å²) < 4.78 is 23.5. The summed E-state index contributed by atoms with van der Waals surface area (Å²) in [4.78, 5) is 23.3. The highest BCUT2D eigenvalue weighted by Crippen LogP contribution is 2.12. The minimum atomic E-state index is -3.08. The van der Waals surface area contributed by atoms with Crippen LogP contribution in [0, 0.1) is 3.57 Å². The zero-order chi connectivity index (χ0) is 14.8. The van der Waals surface area contributed by atoms with Gasteiger partial charge in [-0.05, 0) is 53.3 Å². The molecule has 108 valence electrons. The quantitative estimate of drug-likeness (QED) is 0.552. The fourth-order valence-electron chi connectivity index (χ4n) is 1.88. The molecular weight excluding hydrogens is 395 g/mol. The molecule has 0 aliphatic carbocycles. The average molecular weight is 408 g/mol. The first kappa shape index (κ1) is 15.2. The van der Waals surface area contributed by atoms with Crippen LogP contribution in [0.25, 0.3) is 0 Å². The Hall–Kier alpha value is -1.16. The van der Waals surface area contributed by atoms with Gasteiger partial charge in [0.1, 0.15) is 0 Å². The molecule has 1 fully saturated rings. The van der Waals surface area contributed by atoms with Gasteiger partial charge in [-0.15, -0.1) is 0 Å². The number of benzene rings is 1. The second-order valence-electron chi connectivity index (χ2n) is 4.53. The second kappa shape index (κ2) is 6.08. The Kier molecular flexibility index (Phi) is 4.63. The van der Waals surface area contributed by atoms with Gasteiger partial charge in [0.2, 0.25) is 0 Å². The predicted octanol–water partition coefficient (Wildman–Crippen LogP) is 0.533. The normalized spacial score (nSPS) is 20.4. The van der Waals surface area contributed by atoms with Crippen molar-refractivity contribution < 1.29 is 18.0 Å². The van der Waals surface area contributed by atoms with E-state index < -0.39 is 27.7 Å². The van der Waals surface area contributed by atoms with Gasteiger partial charge < -0.3 is 10.6 Å². The van der Waals surface area contributed by atoms with E-state index in [4.69, 9.17) is 0 Å². The molecule has 0 aromatic heterocycles. The standard InChI is InChI=1S/C12H13IN2O4S/c13-8-1-3-9(4-2-8)14-11(16)12(17)15-10-5-6-20(18,19)7-10/h1-4,10H,5-7H2,(H,14,16)(H,15,17). The van der Waals surface area contributed by atoms with Gasteiger partial charge in [-0.25, -0.2) is 8.42 Å². The van der Waals surface area contributed by atoms with Crippen molar-refractivity contribution in [2.24, 2.45) is 0 Å². The summed E-state index contributed by atoms with van der Waals surface area (Å²) in [6.45, 7) is 0. The Bertz CT molecular complexity index is 627. The molecule has 1 unspecified atom stereocenters. The molecule has 2 rings (SSSR count). The first-order chi connectivity index (χ1) is 9.35. The highest BCUT2D eigenvalue weighted by Gasteiger charge is 2.30. The topological polar surface area (TPSA) is 92.3 Å². The van der Waals surface area contributed by atoms with Crippen LogP contribution in [0.4, 0.5) is 5.69 Å². The van der Waals surface area contributed by atoms with Crippen molar-refractivity contribution in [3.8, 4) is 0 Å². The number of carbonyl (C=O) groups excluding carboxylic acids is 2. The molecule has 6 nitrogen and oxygen atoms in total. The first-order valence-electron chi connectivity index (χ1n) is 5.93. The van der Waals surface area contributed by atoms with E-state index in [1.165, 1.54) is 0 Å². The first-order valence-corrected chi connectivity index (χ1v) is 8.83. The summed E-state index contributed by atoms with van der Waals surface area (Å²) in [5, 5.41) is 4.89. The summed E-state index contributed by atoms with van der Waals surface area (Å²) in [6.07, 6.45) is 0.352. The van der Waals surface area contributed by atoms with E-state index in [0.29, 0.717) is 12.1 Å². The number of hydrogen-bond acceptors (Lipinski definition) is 4. The Labute approximate surface area is 130 Å². The van der Waals surface area contributed by atoms with Gasteiger partial charge in [-0.3, -0.25) is 9.59 Å². The van der Waals surface area contributed by atoms with Crippen LogP contribution in [0.1, 0.15) is 6.42 Å². The molecule has 0 spiro atoms. The van der Waals surface area contributed by atoms with Gasteiger partial charge in [0.05, 0.1) is 11.5 Å². The Morgan fingerprint density at radius 3 is 2.35 bits per heavy atom. The van der Waals surface area contributed by atoms with Gasteiger partial charge in [0.25, 0.3) is 0 Å². The minimum Gasteiger partial charge on any atom is -0.344 e. The Balaban J connectivity index is 1.89. The van der Waals surface area contributed by atoms with Crippen molar-refractivity contribution in [3.05, 3.63) is 27.8 Å². The number of anilines is 1. The maximum absolute atomic E-state index is 11.7. The van der Waals surface area contributed by atoms with Crippen molar-refractivity contribution in [2.45, 2.75) is 12.5 Å². The molecule has 1 aliphatic rings. The van der Waals surface area contributed by atoms with Crippen LogP contribution >= 0.6 is 22.6 Å². The third-order valence-corrected chi connectivity index (χ3v) is 5.36. The zero-order valence-corrected chi connectivity index (χ0v) is 13.4. The predicted molar refractivity (Wildman–Crippen MR) is 83.0 cm³/mol. The van der Waals surface area contributed by atoms with E-state index in [2.05, 4.69) is 33.2 Å². The Morgan fingerprint density at radius 2 is 1.80 bits per heavy atom. The van der Waals surface area contributed by atoms with Crippen molar-refractivity contribution in [3.63, 3.8) is 0 Å². The Morgan fingerprint density at radius 1 is 1.15 bits per heavy atom. The van der Waals surface area contributed by atoms with Crippen molar-refractivity contribution in [1.29, 1.82) is 0 Å². The fraction of sp³-hybridized carbons (Fsp3) is 0.333. The molecule has 1 aromatic rings. The summed E-state index contributed by atoms with van der Waals surface area (Å²) in [6, 6.07) is 6.50. The number of carbonyl (C=O) groups is 2.